The molecule has 0 amide bonds. The van der Waals surface area contributed by atoms with E-state index in [1.165, 1.54) is 12.1 Å². The van der Waals surface area contributed by atoms with Gasteiger partial charge in [-0.1, -0.05) is 27.5 Å². The first-order valence-corrected chi connectivity index (χ1v) is 6.79. The number of carboxylic acid groups (broad SMARTS) is 1. The van der Waals surface area contributed by atoms with Crippen molar-refractivity contribution in [3.05, 3.63) is 61.6 Å². The summed E-state index contributed by atoms with van der Waals surface area (Å²) in [6.07, 6.45) is 0. The monoisotopic (exact) mass is 370 g/mol. The van der Waals surface area contributed by atoms with Gasteiger partial charge in [-0.15, -0.1) is 0 Å². The number of carboxylic acids is 1. The van der Waals surface area contributed by atoms with Crippen molar-refractivity contribution in [2.45, 2.75) is 0 Å². The number of rotatable bonds is 4. The predicted octanol–water partition coefficient (Wildman–Crippen LogP) is 4.45. The van der Waals surface area contributed by atoms with E-state index in [1.54, 1.807) is 18.2 Å². The minimum atomic E-state index is -1.37. The second-order valence-corrected chi connectivity index (χ2v) is 5.37. The molecule has 0 saturated heterocycles. The second-order valence-electron chi connectivity index (χ2n) is 4.04. The largest absolute Gasteiger partial charge is 0.477 e. The van der Waals surface area contributed by atoms with Crippen LogP contribution in [0.15, 0.2) is 40.9 Å². The van der Waals surface area contributed by atoms with Crippen LogP contribution in [0.25, 0.3) is 0 Å². The average Bonchev–Trinajstić information content (AvgIpc) is 2.41. The molecule has 0 aromatic heterocycles. The maximum Gasteiger partial charge on any atom is 0.342 e. The standard InChI is InChI=1S/C13H8BrClN2O4/c14-7-1-3-11(10(15)5-7)16-8-2-4-12(17(20)21)9(6-8)13(18)19/h1-6,16H,(H,18,19). The maximum atomic E-state index is 11.1. The summed E-state index contributed by atoms with van der Waals surface area (Å²) in [7, 11) is 0. The molecule has 21 heavy (non-hydrogen) atoms. The van der Waals surface area contributed by atoms with Gasteiger partial charge in [0.05, 0.1) is 15.6 Å². The number of benzene rings is 2. The van der Waals surface area contributed by atoms with Gasteiger partial charge in [-0.3, -0.25) is 10.1 Å². The van der Waals surface area contributed by atoms with Crippen LogP contribution >= 0.6 is 27.5 Å². The first-order valence-electron chi connectivity index (χ1n) is 5.62. The zero-order valence-corrected chi connectivity index (χ0v) is 12.7. The number of anilines is 2. The third-order valence-electron chi connectivity index (χ3n) is 2.63. The summed E-state index contributed by atoms with van der Waals surface area (Å²) < 4.78 is 0.799. The summed E-state index contributed by atoms with van der Waals surface area (Å²) in [6.45, 7) is 0. The van der Waals surface area contributed by atoms with E-state index in [9.17, 15) is 14.9 Å². The number of carbonyl (C=O) groups is 1. The van der Waals surface area contributed by atoms with E-state index in [4.69, 9.17) is 16.7 Å². The first-order chi connectivity index (χ1) is 9.88. The van der Waals surface area contributed by atoms with E-state index in [2.05, 4.69) is 21.2 Å². The Bertz CT molecular complexity index is 736. The van der Waals surface area contributed by atoms with Crippen LogP contribution in [-0.4, -0.2) is 16.0 Å². The Labute approximate surface area is 132 Å². The molecule has 0 spiro atoms. The van der Waals surface area contributed by atoms with Gasteiger partial charge in [0, 0.05) is 16.2 Å². The molecule has 6 nitrogen and oxygen atoms in total. The van der Waals surface area contributed by atoms with E-state index < -0.39 is 22.1 Å². The summed E-state index contributed by atoms with van der Waals surface area (Å²) in [6, 6.07) is 8.89. The fourth-order valence-corrected chi connectivity index (χ4v) is 2.41. The minimum absolute atomic E-state index is 0.391. The van der Waals surface area contributed by atoms with E-state index in [-0.39, 0.29) is 0 Å². The van der Waals surface area contributed by atoms with E-state index in [1.807, 2.05) is 0 Å². The van der Waals surface area contributed by atoms with E-state index in [0.717, 1.165) is 10.5 Å². The highest BCUT2D eigenvalue weighted by atomic mass is 79.9. The Balaban J connectivity index is 2.39. The molecule has 8 heteroatoms. The SMILES string of the molecule is O=C(O)c1cc(Nc2ccc(Br)cc2Cl)ccc1[N+](=O)[O-]. The minimum Gasteiger partial charge on any atom is -0.477 e. The Morgan fingerprint density at radius 1 is 1.29 bits per heavy atom. The van der Waals surface area contributed by atoms with Crippen LogP contribution in [0.3, 0.4) is 0 Å². The number of nitro groups is 1. The highest BCUT2D eigenvalue weighted by molar-refractivity contribution is 9.10. The molecular weight excluding hydrogens is 364 g/mol. The highest BCUT2D eigenvalue weighted by Gasteiger charge is 2.20. The number of hydrogen-bond donors (Lipinski definition) is 2. The maximum absolute atomic E-state index is 11.1. The molecule has 2 rings (SSSR count). The first kappa shape index (κ1) is 15.3. The molecule has 0 saturated carbocycles. The quantitative estimate of drug-likeness (QED) is 0.612. The highest BCUT2D eigenvalue weighted by Crippen LogP contribution is 2.30. The van der Waals surface area contributed by atoms with Crippen molar-refractivity contribution >= 4 is 50.6 Å². The van der Waals surface area contributed by atoms with Crippen LogP contribution in [-0.2, 0) is 0 Å². The van der Waals surface area contributed by atoms with Gasteiger partial charge in [0.2, 0.25) is 0 Å². The fourth-order valence-electron chi connectivity index (χ4n) is 1.69. The topological polar surface area (TPSA) is 92.5 Å². The molecule has 0 unspecified atom stereocenters. The molecule has 0 aliphatic rings. The van der Waals surface area contributed by atoms with Gasteiger partial charge in [-0.25, -0.2) is 4.79 Å². The predicted molar refractivity (Wildman–Crippen MR) is 82.5 cm³/mol. The normalized spacial score (nSPS) is 10.2. The fraction of sp³-hybridized carbons (Fsp3) is 0. The van der Waals surface area contributed by atoms with Gasteiger partial charge in [0.1, 0.15) is 5.56 Å². The molecule has 0 bridgehead atoms. The molecule has 0 fully saturated rings. The van der Waals surface area contributed by atoms with Gasteiger partial charge in [0.25, 0.3) is 5.69 Å². The molecule has 2 N–H and O–H groups in total. The van der Waals surface area contributed by atoms with E-state index >= 15 is 0 Å². The molecular formula is C13H8BrClN2O4. The van der Waals surface area contributed by atoms with Crippen LogP contribution in [0.1, 0.15) is 10.4 Å². The molecule has 0 aliphatic heterocycles. The summed E-state index contributed by atoms with van der Waals surface area (Å²) >= 11 is 9.32. The van der Waals surface area contributed by atoms with Crippen LogP contribution in [0.5, 0.6) is 0 Å². The Morgan fingerprint density at radius 2 is 2.00 bits per heavy atom. The summed E-state index contributed by atoms with van der Waals surface area (Å²) in [5, 5.41) is 23.2. The van der Waals surface area contributed by atoms with Crippen LogP contribution < -0.4 is 5.32 Å². The lowest BCUT2D eigenvalue weighted by atomic mass is 10.1. The van der Waals surface area contributed by atoms with Gasteiger partial charge < -0.3 is 10.4 Å². The average molecular weight is 372 g/mol. The Morgan fingerprint density at radius 3 is 2.57 bits per heavy atom. The van der Waals surface area contributed by atoms with Crippen LogP contribution in [0, 0.1) is 10.1 Å². The third kappa shape index (κ3) is 3.50. The number of aromatic carboxylic acids is 1. The summed E-state index contributed by atoms with van der Waals surface area (Å²) in [4.78, 5) is 21.1. The number of nitrogens with zero attached hydrogens (tertiary/aromatic N) is 1. The van der Waals surface area contributed by atoms with Crippen molar-refractivity contribution in [2.24, 2.45) is 0 Å². The van der Waals surface area contributed by atoms with Crippen molar-refractivity contribution < 1.29 is 14.8 Å². The lowest BCUT2D eigenvalue weighted by molar-refractivity contribution is -0.385. The Kier molecular flexibility index (Phi) is 4.44. The lowest BCUT2D eigenvalue weighted by Gasteiger charge is -2.09. The molecule has 0 atom stereocenters. The molecule has 0 radical (unpaired) electrons. The molecule has 2 aromatic rings. The molecule has 2 aromatic carbocycles. The lowest BCUT2D eigenvalue weighted by Crippen LogP contribution is -2.03. The number of nitrogens with one attached hydrogen (secondary N) is 1. The number of halogens is 2. The zero-order chi connectivity index (χ0) is 15.6. The van der Waals surface area contributed by atoms with Crippen molar-refractivity contribution in [2.75, 3.05) is 5.32 Å². The van der Waals surface area contributed by atoms with Crippen LogP contribution in [0.2, 0.25) is 5.02 Å². The third-order valence-corrected chi connectivity index (χ3v) is 3.44. The van der Waals surface area contributed by atoms with Crippen molar-refractivity contribution in [3.63, 3.8) is 0 Å². The summed E-state index contributed by atoms with van der Waals surface area (Å²) in [5.41, 5.74) is 0.0977. The smallest absolute Gasteiger partial charge is 0.342 e. The van der Waals surface area contributed by atoms with Crippen LogP contribution in [0.4, 0.5) is 17.1 Å². The molecule has 108 valence electrons. The van der Waals surface area contributed by atoms with Gasteiger partial charge in [-0.2, -0.15) is 0 Å². The molecule has 0 aliphatic carbocycles. The second kappa shape index (κ2) is 6.11. The van der Waals surface area contributed by atoms with Crippen molar-refractivity contribution in [3.8, 4) is 0 Å². The van der Waals surface area contributed by atoms with Crippen molar-refractivity contribution in [1.29, 1.82) is 0 Å². The zero-order valence-electron chi connectivity index (χ0n) is 10.3. The van der Waals surface area contributed by atoms with E-state index in [0.29, 0.717) is 16.4 Å². The number of hydrogen-bond acceptors (Lipinski definition) is 4. The molecule has 0 heterocycles. The Hall–Kier alpha value is -2.12. The number of nitro benzene ring substituents is 1. The van der Waals surface area contributed by atoms with Gasteiger partial charge in [0.15, 0.2) is 0 Å². The van der Waals surface area contributed by atoms with Crippen molar-refractivity contribution in [1.82, 2.24) is 0 Å². The summed E-state index contributed by atoms with van der Waals surface area (Å²) in [5.74, 6) is -1.37. The van der Waals surface area contributed by atoms with Gasteiger partial charge in [-0.05, 0) is 30.3 Å². The van der Waals surface area contributed by atoms with Gasteiger partial charge >= 0.3 is 5.97 Å².